The van der Waals surface area contributed by atoms with Crippen LogP contribution in [0.4, 0.5) is 0 Å². The zero-order valence-electron chi connectivity index (χ0n) is 10.9. The van der Waals surface area contributed by atoms with Gasteiger partial charge in [0.05, 0.1) is 12.1 Å². The van der Waals surface area contributed by atoms with Crippen LogP contribution in [-0.2, 0) is 0 Å². The van der Waals surface area contributed by atoms with Crippen molar-refractivity contribution in [2.45, 2.75) is 32.6 Å². The van der Waals surface area contributed by atoms with E-state index >= 15 is 0 Å². The zero-order chi connectivity index (χ0) is 12.7. The SMILES string of the molecule is CCCNCCC(C)c1ccc(Cl)c(OC)c1. The lowest BCUT2D eigenvalue weighted by molar-refractivity contribution is 0.414. The first-order chi connectivity index (χ1) is 8.19. The number of nitrogens with one attached hydrogen (secondary N) is 1. The first-order valence-corrected chi connectivity index (χ1v) is 6.61. The molecule has 0 aliphatic heterocycles. The molecule has 0 aliphatic carbocycles. The predicted molar refractivity (Wildman–Crippen MR) is 74.2 cm³/mol. The molecule has 1 unspecified atom stereocenters. The second kappa shape index (κ2) is 7.57. The van der Waals surface area contributed by atoms with Gasteiger partial charge in [0.25, 0.3) is 0 Å². The van der Waals surface area contributed by atoms with Gasteiger partial charge in [0.1, 0.15) is 5.75 Å². The Balaban J connectivity index is 2.53. The van der Waals surface area contributed by atoms with E-state index in [-0.39, 0.29) is 0 Å². The molecule has 1 atom stereocenters. The first kappa shape index (κ1) is 14.3. The third-order valence-corrected chi connectivity index (χ3v) is 3.24. The highest BCUT2D eigenvalue weighted by molar-refractivity contribution is 6.32. The molecule has 1 aromatic carbocycles. The zero-order valence-corrected chi connectivity index (χ0v) is 11.7. The summed E-state index contributed by atoms with van der Waals surface area (Å²) in [6.45, 7) is 6.56. The molecule has 2 nitrogen and oxygen atoms in total. The maximum absolute atomic E-state index is 6.01. The first-order valence-electron chi connectivity index (χ1n) is 6.23. The van der Waals surface area contributed by atoms with Gasteiger partial charge < -0.3 is 10.1 Å². The number of hydrogen-bond donors (Lipinski definition) is 1. The molecule has 0 fully saturated rings. The summed E-state index contributed by atoms with van der Waals surface area (Å²) in [4.78, 5) is 0. The number of halogens is 1. The van der Waals surface area contributed by atoms with Gasteiger partial charge in [-0.2, -0.15) is 0 Å². The highest BCUT2D eigenvalue weighted by atomic mass is 35.5. The Labute approximate surface area is 109 Å². The number of rotatable bonds is 7. The van der Waals surface area contributed by atoms with Crippen molar-refractivity contribution in [2.24, 2.45) is 0 Å². The minimum atomic E-state index is 0.519. The van der Waals surface area contributed by atoms with E-state index in [1.807, 2.05) is 12.1 Å². The molecule has 0 saturated carbocycles. The maximum atomic E-state index is 6.01. The van der Waals surface area contributed by atoms with E-state index in [2.05, 4.69) is 25.2 Å². The Hall–Kier alpha value is -0.730. The normalized spacial score (nSPS) is 12.5. The summed E-state index contributed by atoms with van der Waals surface area (Å²) in [5.74, 6) is 1.28. The van der Waals surface area contributed by atoms with Crippen molar-refractivity contribution < 1.29 is 4.74 Å². The van der Waals surface area contributed by atoms with Crippen molar-refractivity contribution in [3.8, 4) is 5.75 Å². The topological polar surface area (TPSA) is 21.3 Å². The Morgan fingerprint density at radius 1 is 1.35 bits per heavy atom. The molecule has 0 amide bonds. The van der Waals surface area contributed by atoms with E-state index in [0.717, 1.165) is 25.3 Å². The molecule has 0 radical (unpaired) electrons. The molecule has 1 rings (SSSR count). The molecule has 0 spiro atoms. The molecule has 0 aromatic heterocycles. The maximum Gasteiger partial charge on any atom is 0.137 e. The molecular formula is C14H22ClNO. The summed E-state index contributed by atoms with van der Waals surface area (Å²) >= 11 is 6.01. The van der Waals surface area contributed by atoms with Crippen LogP contribution in [0.25, 0.3) is 0 Å². The summed E-state index contributed by atoms with van der Waals surface area (Å²) in [6.07, 6.45) is 2.31. The van der Waals surface area contributed by atoms with Crippen molar-refractivity contribution >= 4 is 11.6 Å². The lowest BCUT2D eigenvalue weighted by atomic mass is 9.97. The van der Waals surface area contributed by atoms with Crippen LogP contribution in [0.3, 0.4) is 0 Å². The monoisotopic (exact) mass is 255 g/mol. The smallest absolute Gasteiger partial charge is 0.137 e. The fourth-order valence-corrected chi connectivity index (χ4v) is 1.96. The Morgan fingerprint density at radius 3 is 2.76 bits per heavy atom. The third-order valence-electron chi connectivity index (χ3n) is 2.93. The predicted octanol–water partition coefficient (Wildman–Crippen LogP) is 3.84. The molecule has 96 valence electrons. The van der Waals surface area contributed by atoms with Crippen LogP contribution in [0, 0.1) is 0 Å². The minimum absolute atomic E-state index is 0.519. The summed E-state index contributed by atoms with van der Waals surface area (Å²) in [5, 5.41) is 4.09. The molecule has 0 aliphatic rings. The van der Waals surface area contributed by atoms with Crippen LogP contribution in [0.15, 0.2) is 18.2 Å². The largest absolute Gasteiger partial charge is 0.495 e. The summed E-state index contributed by atoms with van der Waals surface area (Å²) in [5.41, 5.74) is 1.28. The second-order valence-electron chi connectivity index (χ2n) is 4.33. The number of hydrogen-bond acceptors (Lipinski definition) is 2. The van der Waals surface area contributed by atoms with Gasteiger partial charge in [-0.3, -0.25) is 0 Å². The van der Waals surface area contributed by atoms with E-state index < -0.39 is 0 Å². The standard InChI is InChI=1S/C14H22ClNO/c1-4-8-16-9-7-11(2)12-5-6-13(15)14(10-12)17-3/h5-6,10-11,16H,4,7-9H2,1-3H3. The molecule has 0 saturated heterocycles. The average Bonchev–Trinajstić information content (AvgIpc) is 2.35. The quantitative estimate of drug-likeness (QED) is 0.748. The molecule has 17 heavy (non-hydrogen) atoms. The number of benzene rings is 1. The summed E-state index contributed by atoms with van der Waals surface area (Å²) in [6, 6.07) is 6.02. The van der Waals surface area contributed by atoms with Gasteiger partial charge in [0.15, 0.2) is 0 Å². The van der Waals surface area contributed by atoms with E-state index in [9.17, 15) is 0 Å². The number of methoxy groups -OCH3 is 1. The van der Waals surface area contributed by atoms with Gasteiger partial charge in [-0.05, 0) is 49.5 Å². The number of ether oxygens (including phenoxy) is 1. The van der Waals surface area contributed by atoms with Crippen molar-refractivity contribution in [3.63, 3.8) is 0 Å². The summed E-state index contributed by atoms with van der Waals surface area (Å²) < 4.78 is 5.23. The summed E-state index contributed by atoms with van der Waals surface area (Å²) in [7, 11) is 1.65. The van der Waals surface area contributed by atoms with Gasteiger partial charge in [-0.25, -0.2) is 0 Å². The van der Waals surface area contributed by atoms with E-state index in [1.54, 1.807) is 7.11 Å². The molecular weight excluding hydrogens is 234 g/mol. The molecule has 1 N–H and O–H groups in total. The van der Waals surface area contributed by atoms with Gasteiger partial charge in [0.2, 0.25) is 0 Å². The van der Waals surface area contributed by atoms with Crippen LogP contribution in [0.2, 0.25) is 5.02 Å². The van der Waals surface area contributed by atoms with Crippen molar-refractivity contribution in [1.29, 1.82) is 0 Å². The van der Waals surface area contributed by atoms with Gasteiger partial charge in [-0.15, -0.1) is 0 Å². The Kier molecular flexibility index (Phi) is 6.38. The van der Waals surface area contributed by atoms with Crippen LogP contribution in [0.1, 0.15) is 38.2 Å². The van der Waals surface area contributed by atoms with E-state index in [1.165, 1.54) is 12.0 Å². The Bertz CT molecular complexity index is 341. The second-order valence-corrected chi connectivity index (χ2v) is 4.74. The van der Waals surface area contributed by atoms with Crippen LogP contribution < -0.4 is 10.1 Å². The van der Waals surface area contributed by atoms with Crippen molar-refractivity contribution in [3.05, 3.63) is 28.8 Å². The van der Waals surface area contributed by atoms with Crippen LogP contribution in [0.5, 0.6) is 5.75 Å². The van der Waals surface area contributed by atoms with Crippen molar-refractivity contribution in [2.75, 3.05) is 20.2 Å². The van der Waals surface area contributed by atoms with Gasteiger partial charge in [-0.1, -0.05) is 31.5 Å². The highest BCUT2D eigenvalue weighted by Crippen LogP contribution is 2.29. The van der Waals surface area contributed by atoms with Gasteiger partial charge >= 0.3 is 0 Å². The lowest BCUT2D eigenvalue weighted by Gasteiger charge is -2.14. The molecule has 3 heteroatoms. The van der Waals surface area contributed by atoms with E-state index in [0.29, 0.717) is 10.9 Å². The highest BCUT2D eigenvalue weighted by Gasteiger charge is 2.08. The minimum Gasteiger partial charge on any atom is -0.495 e. The fraction of sp³-hybridized carbons (Fsp3) is 0.571. The van der Waals surface area contributed by atoms with E-state index in [4.69, 9.17) is 16.3 Å². The molecule has 0 heterocycles. The fourth-order valence-electron chi connectivity index (χ4n) is 1.77. The molecule has 0 bridgehead atoms. The lowest BCUT2D eigenvalue weighted by Crippen LogP contribution is -2.17. The van der Waals surface area contributed by atoms with Crippen molar-refractivity contribution in [1.82, 2.24) is 5.32 Å². The Morgan fingerprint density at radius 2 is 2.12 bits per heavy atom. The van der Waals surface area contributed by atoms with Gasteiger partial charge in [0, 0.05) is 0 Å². The van der Waals surface area contributed by atoms with Crippen LogP contribution in [-0.4, -0.2) is 20.2 Å². The average molecular weight is 256 g/mol. The third kappa shape index (κ3) is 4.57. The van der Waals surface area contributed by atoms with Crippen LogP contribution >= 0.6 is 11.6 Å². The molecule has 1 aromatic rings.